The van der Waals surface area contributed by atoms with Crippen LogP contribution in [0.3, 0.4) is 0 Å². The maximum atomic E-state index is 5.63. The van der Waals surface area contributed by atoms with Crippen molar-refractivity contribution in [3.05, 3.63) is 23.5 Å². The minimum Gasteiger partial charge on any atom is -0.357 e. The van der Waals surface area contributed by atoms with Gasteiger partial charge in [-0.3, -0.25) is 0 Å². The molecule has 2 heteroatoms. The van der Waals surface area contributed by atoms with Crippen LogP contribution in [0.1, 0.15) is 30.4 Å². The Labute approximate surface area is 79.7 Å². The third-order valence-electron chi connectivity index (χ3n) is 3.18. The topological polar surface area (TPSA) is 30.9 Å². The van der Waals surface area contributed by atoms with Crippen LogP contribution in [0, 0.1) is 5.92 Å². The minimum atomic E-state index is 0.709. The lowest BCUT2D eigenvalue weighted by molar-refractivity contribution is 0.472. The number of nitrogens with zero attached hydrogens (tertiary/aromatic N) is 1. The molecule has 1 aromatic heterocycles. The Morgan fingerprint density at radius 3 is 3.00 bits per heavy atom. The smallest absolute Gasteiger partial charge is 0.0106 e. The molecule has 13 heavy (non-hydrogen) atoms. The highest BCUT2D eigenvalue weighted by molar-refractivity contribution is 5.34. The molecule has 0 aromatic carbocycles. The molecule has 2 nitrogen and oxygen atoms in total. The number of hydrogen-bond donors (Lipinski definition) is 1. The van der Waals surface area contributed by atoms with Crippen LogP contribution in [0.2, 0.25) is 0 Å². The summed E-state index contributed by atoms with van der Waals surface area (Å²) in [6.07, 6.45) is 6.89. The maximum Gasteiger partial charge on any atom is 0.0106 e. The molecule has 2 N–H and O–H groups in total. The van der Waals surface area contributed by atoms with Crippen molar-refractivity contribution in [3.63, 3.8) is 0 Å². The van der Waals surface area contributed by atoms with Crippen LogP contribution in [0.15, 0.2) is 12.4 Å². The largest absolute Gasteiger partial charge is 0.357 e. The fourth-order valence-corrected chi connectivity index (χ4v) is 2.58. The summed E-state index contributed by atoms with van der Waals surface area (Å²) in [4.78, 5) is 0. The van der Waals surface area contributed by atoms with Crippen molar-refractivity contribution in [1.82, 2.24) is 4.57 Å². The summed E-state index contributed by atoms with van der Waals surface area (Å²) in [5, 5.41) is 0. The minimum absolute atomic E-state index is 0.709. The van der Waals surface area contributed by atoms with Gasteiger partial charge in [-0.05, 0) is 42.3 Å². The summed E-state index contributed by atoms with van der Waals surface area (Å²) in [6.45, 7) is 3.14. The number of hydrogen-bond acceptors (Lipinski definition) is 1. The molecule has 0 saturated carbocycles. The second-order valence-corrected chi connectivity index (χ2v) is 4.27. The van der Waals surface area contributed by atoms with Crippen LogP contribution < -0.4 is 5.73 Å². The van der Waals surface area contributed by atoms with Crippen LogP contribution >= 0.6 is 0 Å². The first-order valence-electron chi connectivity index (χ1n) is 5.07. The molecule has 0 aliphatic heterocycles. The van der Waals surface area contributed by atoms with Gasteiger partial charge in [-0.25, -0.2) is 0 Å². The molecule has 0 spiro atoms. The average molecular weight is 178 g/mol. The molecule has 2 rings (SSSR count). The first-order chi connectivity index (χ1) is 6.22. The molecule has 2 atom stereocenters. The van der Waals surface area contributed by atoms with Gasteiger partial charge < -0.3 is 10.3 Å². The van der Waals surface area contributed by atoms with Crippen molar-refractivity contribution in [1.29, 1.82) is 0 Å². The summed E-state index contributed by atoms with van der Waals surface area (Å²) >= 11 is 0. The zero-order valence-electron chi connectivity index (χ0n) is 8.46. The lowest BCUT2D eigenvalue weighted by Crippen LogP contribution is -2.10. The normalized spacial score (nSPS) is 26.4. The fraction of sp³-hybridized carbons (Fsp3) is 0.636. The Bertz CT molecular complexity index is 301. The van der Waals surface area contributed by atoms with Gasteiger partial charge in [-0.2, -0.15) is 0 Å². The second kappa shape index (κ2) is 3.18. The Morgan fingerprint density at radius 2 is 2.31 bits per heavy atom. The van der Waals surface area contributed by atoms with Gasteiger partial charge in [0, 0.05) is 19.4 Å². The van der Waals surface area contributed by atoms with E-state index < -0.39 is 0 Å². The van der Waals surface area contributed by atoms with Crippen molar-refractivity contribution in [2.24, 2.45) is 18.7 Å². The van der Waals surface area contributed by atoms with E-state index in [0.29, 0.717) is 5.92 Å². The highest BCUT2D eigenvalue weighted by atomic mass is 14.9. The summed E-state index contributed by atoms with van der Waals surface area (Å²) < 4.78 is 2.17. The highest BCUT2D eigenvalue weighted by Crippen LogP contribution is 2.39. The predicted octanol–water partition coefficient (Wildman–Crippen LogP) is 1.65. The maximum absolute atomic E-state index is 5.63. The number of fused-ring (bicyclic) bond motifs is 1. The van der Waals surface area contributed by atoms with E-state index in [0.717, 1.165) is 18.9 Å². The number of nitrogens with two attached hydrogens (primary N) is 1. The van der Waals surface area contributed by atoms with Gasteiger partial charge in [0.2, 0.25) is 0 Å². The van der Waals surface area contributed by atoms with E-state index in [1.54, 1.807) is 5.56 Å². The first-order valence-corrected chi connectivity index (χ1v) is 5.07. The molecule has 0 radical (unpaired) electrons. The molecule has 0 fully saturated rings. The molecule has 1 aliphatic rings. The van der Waals surface area contributed by atoms with Crippen molar-refractivity contribution in [3.8, 4) is 0 Å². The van der Waals surface area contributed by atoms with Gasteiger partial charge in [0.05, 0.1) is 0 Å². The molecule has 1 aromatic rings. The molecule has 0 saturated heterocycles. The molecule has 2 unspecified atom stereocenters. The highest BCUT2D eigenvalue weighted by Gasteiger charge is 2.29. The Hall–Kier alpha value is -0.760. The van der Waals surface area contributed by atoms with E-state index in [4.69, 9.17) is 5.73 Å². The number of rotatable bonds is 2. The molecule has 72 valence electrons. The van der Waals surface area contributed by atoms with Gasteiger partial charge in [-0.1, -0.05) is 6.92 Å². The van der Waals surface area contributed by atoms with Crippen molar-refractivity contribution in [2.75, 3.05) is 6.54 Å². The number of aromatic nitrogens is 1. The molecule has 0 bridgehead atoms. The van der Waals surface area contributed by atoms with E-state index in [1.807, 2.05) is 0 Å². The molecule has 1 aliphatic carbocycles. The summed E-state index contributed by atoms with van der Waals surface area (Å²) in [5.74, 6) is 1.50. The van der Waals surface area contributed by atoms with Crippen molar-refractivity contribution >= 4 is 0 Å². The predicted molar refractivity (Wildman–Crippen MR) is 54.7 cm³/mol. The zero-order valence-corrected chi connectivity index (χ0v) is 8.46. The van der Waals surface area contributed by atoms with Crippen LogP contribution in [-0.4, -0.2) is 11.1 Å². The van der Waals surface area contributed by atoms with Crippen LogP contribution in [0.25, 0.3) is 0 Å². The van der Waals surface area contributed by atoms with Gasteiger partial charge in [0.25, 0.3) is 0 Å². The second-order valence-electron chi connectivity index (χ2n) is 4.27. The third-order valence-corrected chi connectivity index (χ3v) is 3.18. The lowest BCUT2D eigenvalue weighted by Gasteiger charge is -2.14. The van der Waals surface area contributed by atoms with Gasteiger partial charge in [0.1, 0.15) is 0 Å². The van der Waals surface area contributed by atoms with E-state index in [1.165, 1.54) is 12.0 Å². The van der Waals surface area contributed by atoms with Gasteiger partial charge >= 0.3 is 0 Å². The summed E-state index contributed by atoms with van der Waals surface area (Å²) in [6, 6.07) is 0. The standard InChI is InChI=1S/C11H18N2/c1-8-5-9-6-13(2)7-11(9)10(8)3-4-12/h6-8,10H,3-5,12H2,1-2H3. The van der Waals surface area contributed by atoms with E-state index in [2.05, 4.69) is 30.9 Å². The fourth-order valence-electron chi connectivity index (χ4n) is 2.58. The molecule has 0 amide bonds. The van der Waals surface area contributed by atoms with Crippen LogP contribution in [-0.2, 0) is 13.5 Å². The average Bonchev–Trinajstić information content (AvgIpc) is 2.52. The SMILES string of the molecule is CC1Cc2cn(C)cc2C1CCN. The zero-order chi connectivity index (χ0) is 9.42. The quantitative estimate of drug-likeness (QED) is 0.733. The summed E-state index contributed by atoms with van der Waals surface area (Å²) in [5.41, 5.74) is 8.71. The Morgan fingerprint density at radius 1 is 1.54 bits per heavy atom. The van der Waals surface area contributed by atoms with E-state index >= 15 is 0 Å². The van der Waals surface area contributed by atoms with Gasteiger partial charge in [-0.15, -0.1) is 0 Å². The Kier molecular flexibility index (Phi) is 2.16. The van der Waals surface area contributed by atoms with E-state index in [-0.39, 0.29) is 0 Å². The van der Waals surface area contributed by atoms with Crippen LogP contribution in [0.4, 0.5) is 0 Å². The number of aryl methyl sites for hydroxylation is 1. The van der Waals surface area contributed by atoms with Crippen LogP contribution in [0.5, 0.6) is 0 Å². The van der Waals surface area contributed by atoms with Crippen molar-refractivity contribution < 1.29 is 0 Å². The third kappa shape index (κ3) is 1.39. The van der Waals surface area contributed by atoms with E-state index in [9.17, 15) is 0 Å². The molecular formula is C11H18N2. The monoisotopic (exact) mass is 178 g/mol. The van der Waals surface area contributed by atoms with Gasteiger partial charge in [0.15, 0.2) is 0 Å². The van der Waals surface area contributed by atoms with Crippen molar-refractivity contribution in [2.45, 2.75) is 25.7 Å². The molecule has 1 heterocycles. The molecular weight excluding hydrogens is 160 g/mol. The first kappa shape index (κ1) is 8.82. The Balaban J connectivity index is 2.27. The lowest BCUT2D eigenvalue weighted by atomic mass is 9.92. The summed E-state index contributed by atoms with van der Waals surface area (Å²) in [7, 11) is 2.10.